The second kappa shape index (κ2) is 11.8. The molecular weight excluding hydrogens is 474 g/mol. The number of hydrogen-bond donors (Lipinski definition) is 1. The number of nitrogens with one attached hydrogen (secondary N) is 1. The Morgan fingerprint density at radius 1 is 1.22 bits per heavy atom. The number of benzene rings is 1. The zero-order chi connectivity index (χ0) is 25.7. The highest BCUT2D eigenvalue weighted by molar-refractivity contribution is 7.20. The van der Waals surface area contributed by atoms with Gasteiger partial charge in [0.05, 0.1) is 16.6 Å². The molecule has 0 aliphatic carbocycles. The molecule has 2 aromatic heterocycles. The number of carbonyl (C=O) groups is 2. The van der Waals surface area contributed by atoms with Gasteiger partial charge < -0.3 is 15.1 Å². The predicted molar refractivity (Wildman–Crippen MR) is 143 cm³/mol. The average molecular weight is 510 g/mol. The molecule has 0 unspecified atom stereocenters. The van der Waals surface area contributed by atoms with Crippen LogP contribution in [-0.4, -0.2) is 63.9 Å². The summed E-state index contributed by atoms with van der Waals surface area (Å²) in [6.07, 6.45) is 5.36. The first kappa shape index (κ1) is 26.0. The summed E-state index contributed by atoms with van der Waals surface area (Å²) >= 11 is 1.23. The number of fused-ring (bicyclic) bond motifs is 1. The number of nitrogens with zero attached hydrogens (tertiary/aromatic N) is 4. The van der Waals surface area contributed by atoms with Gasteiger partial charge in [0.1, 0.15) is 11.4 Å². The van der Waals surface area contributed by atoms with E-state index in [-0.39, 0.29) is 30.0 Å². The molecule has 3 heterocycles. The molecule has 1 aliphatic rings. The van der Waals surface area contributed by atoms with Crippen LogP contribution in [0.5, 0.6) is 0 Å². The van der Waals surface area contributed by atoms with Crippen LogP contribution in [0.15, 0.2) is 41.5 Å². The van der Waals surface area contributed by atoms with Crippen molar-refractivity contribution < 1.29 is 9.59 Å². The molecule has 1 N–H and O–H groups in total. The minimum atomic E-state index is -0.270. The zero-order valence-electron chi connectivity index (χ0n) is 21.3. The largest absolute Gasteiger partial charge is 0.351 e. The number of likely N-dealkylation sites (tertiary alicyclic amines) is 1. The normalized spacial score (nSPS) is 16.0. The van der Waals surface area contributed by atoms with Gasteiger partial charge in [-0.3, -0.25) is 19.0 Å². The van der Waals surface area contributed by atoms with Gasteiger partial charge in [0, 0.05) is 25.7 Å². The summed E-state index contributed by atoms with van der Waals surface area (Å²) in [4.78, 5) is 48.4. The van der Waals surface area contributed by atoms with Crippen molar-refractivity contribution in [2.45, 2.75) is 58.7 Å². The monoisotopic (exact) mass is 509 g/mol. The van der Waals surface area contributed by atoms with Gasteiger partial charge in [0.2, 0.25) is 5.91 Å². The summed E-state index contributed by atoms with van der Waals surface area (Å²) in [5, 5.41) is 3.41. The number of aryl methyl sites for hydroxylation is 1. The van der Waals surface area contributed by atoms with Gasteiger partial charge in [-0.15, -0.1) is 11.3 Å². The first-order valence-electron chi connectivity index (χ1n) is 12.6. The van der Waals surface area contributed by atoms with Crippen molar-refractivity contribution in [3.63, 3.8) is 0 Å². The fourth-order valence-electron chi connectivity index (χ4n) is 4.80. The molecule has 4 rings (SSSR count). The SMILES string of the molecule is Cc1c(C(=O)NCCCN(C)Cc2ccccc2)sc2ncn(CC(=O)N3CCCC[C@@H]3C)c(=O)c12. The van der Waals surface area contributed by atoms with E-state index in [1.165, 1.54) is 27.8 Å². The van der Waals surface area contributed by atoms with E-state index in [0.29, 0.717) is 27.2 Å². The quantitative estimate of drug-likeness (QED) is 0.447. The van der Waals surface area contributed by atoms with Crippen molar-refractivity contribution in [2.75, 3.05) is 26.7 Å². The second-order valence-corrected chi connectivity index (χ2v) is 10.7. The summed E-state index contributed by atoms with van der Waals surface area (Å²) in [7, 11) is 2.07. The van der Waals surface area contributed by atoms with Crippen LogP contribution in [0, 0.1) is 6.92 Å². The third-order valence-corrected chi connectivity index (χ3v) is 8.05. The predicted octanol–water partition coefficient (Wildman–Crippen LogP) is 3.42. The highest BCUT2D eigenvalue weighted by atomic mass is 32.1. The molecule has 8 nitrogen and oxygen atoms in total. The molecule has 1 aromatic carbocycles. The minimum Gasteiger partial charge on any atom is -0.351 e. The molecule has 0 saturated carbocycles. The van der Waals surface area contributed by atoms with Crippen LogP contribution in [0.3, 0.4) is 0 Å². The number of aromatic nitrogens is 2. The van der Waals surface area contributed by atoms with Crippen LogP contribution in [0.2, 0.25) is 0 Å². The molecule has 0 bridgehead atoms. The Bertz CT molecular complexity index is 1270. The maximum Gasteiger partial charge on any atom is 0.262 e. The Morgan fingerprint density at radius 3 is 2.75 bits per heavy atom. The maximum atomic E-state index is 13.2. The molecule has 3 aromatic rings. The highest BCUT2D eigenvalue weighted by Gasteiger charge is 2.25. The van der Waals surface area contributed by atoms with E-state index in [4.69, 9.17) is 0 Å². The Labute approximate surface area is 215 Å². The van der Waals surface area contributed by atoms with Crippen molar-refractivity contribution >= 4 is 33.4 Å². The molecule has 192 valence electrons. The lowest BCUT2D eigenvalue weighted by atomic mass is 10.0. The topological polar surface area (TPSA) is 87.5 Å². The third kappa shape index (κ3) is 6.02. The van der Waals surface area contributed by atoms with Crippen LogP contribution in [0.25, 0.3) is 10.2 Å². The van der Waals surface area contributed by atoms with Crippen molar-refractivity contribution in [2.24, 2.45) is 0 Å². The van der Waals surface area contributed by atoms with Crippen LogP contribution < -0.4 is 10.9 Å². The van der Waals surface area contributed by atoms with Crippen LogP contribution >= 0.6 is 11.3 Å². The number of carbonyl (C=O) groups excluding carboxylic acids is 2. The van der Waals surface area contributed by atoms with Crippen molar-refractivity contribution in [3.05, 3.63) is 63.0 Å². The van der Waals surface area contributed by atoms with E-state index in [0.717, 1.165) is 45.3 Å². The number of amides is 2. The van der Waals surface area contributed by atoms with E-state index in [1.807, 2.05) is 23.1 Å². The van der Waals surface area contributed by atoms with Gasteiger partial charge in [-0.05, 0) is 64.3 Å². The lowest BCUT2D eigenvalue weighted by molar-refractivity contribution is -0.135. The highest BCUT2D eigenvalue weighted by Crippen LogP contribution is 2.26. The molecule has 1 atom stereocenters. The van der Waals surface area contributed by atoms with E-state index in [1.54, 1.807) is 6.92 Å². The van der Waals surface area contributed by atoms with E-state index < -0.39 is 0 Å². The molecule has 1 saturated heterocycles. The summed E-state index contributed by atoms with van der Waals surface area (Å²) in [5.74, 6) is -0.251. The fourth-order valence-corrected chi connectivity index (χ4v) is 5.85. The Kier molecular flexibility index (Phi) is 8.53. The molecule has 2 amide bonds. The summed E-state index contributed by atoms with van der Waals surface area (Å²) in [5.41, 5.74) is 1.61. The number of hydrogen-bond acceptors (Lipinski definition) is 6. The Balaban J connectivity index is 1.36. The lowest BCUT2D eigenvalue weighted by Gasteiger charge is -2.33. The van der Waals surface area contributed by atoms with E-state index in [2.05, 4.69) is 41.3 Å². The summed E-state index contributed by atoms with van der Waals surface area (Å²) < 4.78 is 1.37. The van der Waals surface area contributed by atoms with Gasteiger partial charge in [0.15, 0.2) is 0 Å². The zero-order valence-corrected chi connectivity index (χ0v) is 22.1. The van der Waals surface area contributed by atoms with Crippen LogP contribution in [0.1, 0.15) is 53.4 Å². The maximum absolute atomic E-state index is 13.2. The fraction of sp³-hybridized carbons (Fsp3) is 0.481. The van der Waals surface area contributed by atoms with Crippen molar-refractivity contribution in [1.29, 1.82) is 0 Å². The molecule has 9 heteroatoms. The minimum absolute atomic E-state index is 0.0283. The van der Waals surface area contributed by atoms with Gasteiger partial charge in [0.25, 0.3) is 11.5 Å². The van der Waals surface area contributed by atoms with Gasteiger partial charge in [-0.25, -0.2) is 4.98 Å². The van der Waals surface area contributed by atoms with Gasteiger partial charge in [-0.1, -0.05) is 30.3 Å². The number of piperidine rings is 1. The molecule has 0 radical (unpaired) electrons. The molecule has 0 spiro atoms. The molecule has 1 fully saturated rings. The van der Waals surface area contributed by atoms with Crippen LogP contribution in [0.4, 0.5) is 0 Å². The average Bonchev–Trinajstić information content (AvgIpc) is 3.21. The molecule has 1 aliphatic heterocycles. The van der Waals surface area contributed by atoms with Gasteiger partial charge >= 0.3 is 0 Å². The Morgan fingerprint density at radius 2 is 2.00 bits per heavy atom. The van der Waals surface area contributed by atoms with E-state index in [9.17, 15) is 14.4 Å². The Hall–Kier alpha value is -3.04. The third-order valence-electron chi connectivity index (χ3n) is 6.85. The summed E-state index contributed by atoms with van der Waals surface area (Å²) in [6.45, 7) is 6.80. The second-order valence-electron chi connectivity index (χ2n) is 9.68. The molecule has 36 heavy (non-hydrogen) atoms. The van der Waals surface area contributed by atoms with Gasteiger partial charge in [-0.2, -0.15) is 0 Å². The van der Waals surface area contributed by atoms with Crippen molar-refractivity contribution in [1.82, 2.24) is 24.7 Å². The first-order chi connectivity index (χ1) is 17.3. The molecular formula is C27H35N5O3S. The lowest BCUT2D eigenvalue weighted by Crippen LogP contribution is -2.44. The van der Waals surface area contributed by atoms with Crippen LogP contribution in [-0.2, 0) is 17.9 Å². The van der Waals surface area contributed by atoms with E-state index >= 15 is 0 Å². The smallest absolute Gasteiger partial charge is 0.262 e. The van der Waals surface area contributed by atoms with Crippen molar-refractivity contribution in [3.8, 4) is 0 Å². The number of thiophene rings is 1. The number of rotatable bonds is 9. The standard InChI is InChI=1S/C27H35N5O3S/c1-19-10-7-8-15-32(19)22(33)17-31-18-29-26-23(27(31)35)20(2)24(36-26)25(34)28-13-9-14-30(3)16-21-11-5-4-6-12-21/h4-6,11-12,18-19H,7-10,13-17H2,1-3H3,(H,28,34)/t19-/m0/s1. The summed E-state index contributed by atoms with van der Waals surface area (Å²) in [6, 6.07) is 10.5. The first-order valence-corrected chi connectivity index (χ1v) is 13.5.